The lowest BCUT2D eigenvalue weighted by atomic mass is 10.1. The van der Waals surface area contributed by atoms with Gasteiger partial charge in [0.1, 0.15) is 0 Å². The standard InChI is InChI=1S/C14H17ClO4/c1-18-12-8-9(3-2-4-13(16)17)7-11(15)14(12)19-10-5-6-10/h7-8,10H,2-6H2,1H3,(H,16,17). The molecule has 0 aliphatic heterocycles. The van der Waals surface area contributed by atoms with E-state index in [2.05, 4.69) is 0 Å². The first-order valence-corrected chi connectivity index (χ1v) is 6.73. The molecule has 0 amide bonds. The fraction of sp³-hybridized carbons (Fsp3) is 0.500. The van der Waals surface area contributed by atoms with Crippen molar-refractivity contribution < 1.29 is 19.4 Å². The molecule has 1 aliphatic rings. The summed E-state index contributed by atoms with van der Waals surface area (Å²) in [4.78, 5) is 10.5. The predicted octanol–water partition coefficient (Wildman–Crippen LogP) is 3.30. The molecular formula is C14H17ClO4. The highest BCUT2D eigenvalue weighted by molar-refractivity contribution is 6.32. The van der Waals surface area contributed by atoms with Crippen molar-refractivity contribution in [2.45, 2.75) is 38.2 Å². The highest BCUT2D eigenvalue weighted by atomic mass is 35.5. The van der Waals surface area contributed by atoms with Gasteiger partial charge in [0, 0.05) is 6.42 Å². The van der Waals surface area contributed by atoms with Crippen molar-refractivity contribution in [1.29, 1.82) is 0 Å². The van der Waals surface area contributed by atoms with Crippen LogP contribution in [0.15, 0.2) is 12.1 Å². The van der Waals surface area contributed by atoms with E-state index < -0.39 is 5.97 Å². The monoisotopic (exact) mass is 284 g/mol. The Hall–Kier alpha value is -1.42. The molecule has 1 aliphatic carbocycles. The van der Waals surface area contributed by atoms with Crippen molar-refractivity contribution in [3.05, 3.63) is 22.7 Å². The summed E-state index contributed by atoms with van der Waals surface area (Å²) in [7, 11) is 1.58. The van der Waals surface area contributed by atoms with E-state index in [1.807, 2.05) is 12.1 Å². The Labute approximate surface area is 117 Å². The Balaban J connectivity index is 2.08. The minimum atomic E-state index is -0.785. The number of rotatable bonds is 7. The van der Waals surface area contributed by atoms with E-state index in [0.29, 0.717) is 29.4 Å². The number of hydrogen-bond donors (Lipinski definition) is 1. The van der Waals surface area contributed by atoms with Crippen LogP contribution in [0.3, 0.4) is 0 Å². The highest BCUT2D eigenvalue weighted by Crippen LogP contribution is 2.40. The topological polar surface area (TPSA) is 55.8 Å². The zero-order valence-electron chi connectivity index (χ0n) is 10.8. The molecule has 1 fully saturated rings. The Bertz CT molecular complexity index is 469. The molecule has 0 radical (unpaired) electrons. The second kappa shape index (κ2) is 6.15. The molecule has 1 aromatic carbocycles. The molecule has 0 bridgehead atoms. The minimum Gasteiger partial charge on any atom is -0.493 e. The quantitative estimate of drug-likeness (QED) is 0.835. The van der Waals surface area contributed by atoms with Crippen LogP contribution >= 0.6 is 11.6 Å². The number of methoxy groups -OCH3 is 1. The molecule has 4 nitrogen and oxygen atoms in total. The Kier molecular flexibility index (Phi) is 4.53. The molecule has 0 heterocycles. The normalized spacial score (nSPS) is 14.2. The lowest BCUT2D eigenvalue weighted by molar-refractivity contribution is -0.137. The van der Waals surface area contributed by atoms with Gasteiger partial charge in [0.2, 0.25) is 0 Å². The van der Waals surface area contributed by atoms with Crippen LogP contribution in [0, 0.1) is 0 Å². The smallest absolute Gasteiger partial charge is 0.303 e. The van der Waals surface area contributed by atoms with Gasteiger partial charge in [0.25, 0.3) is 0 Å². The molecule has 1 saturated carbocycles. The fourth-order valence-corrected chi connectivity index (χ4v) is 2.11. The summed E-state index contributed by atoms with van der Waals surface area (Å²) in [6.07, 6.45) is 3.76. The van der Waals surface area contributed by atoms with Crippen molar-refractivity contribution in [3.8, 4) is 11.5 Å². The number of halogens is 1. The summed E-state index contributed by atoms with van der Waals surface area (Å²) < 4.78 is 11.0. The Morgan fingerprint density at radius 2 is 2.21 bits per heavy atom. The van der Waals surface area contributed by atoms with Crippen molar-refractivity contribution in [3.63, 3.8) is 0 Å². The van der Waals surface area contributed by atoms with Crippen LogP contribution in [-0.2, 0) is 11.2 Å². The van der Waals surface area contributed by atoms with E-state index in [1.54, 1.807) is 7.11 Å². The minimum absolute atomic E-state index is 0.153. The zero-order valence-corrected chi connectivity index (χ0v) is 11.6. The first-order valence-electron chi connectivity index (χ1n) is 6.35. The molecule has 0 spiro atoms. The summed E-state index contributed by atoms with van der Waals surface area (Å²) in [6.45, 7) is 0. The van der Waals surface area contributed by atoms with E-state index in [1.165, 1.54) is 0 Å². The number of benzene rings is 1. The SMILES string of the molecule is COc1cc(CCCC(=O)O)cc(Cl)c1OC1CC1. The predicted molar refractivity (Wildman–Crippen MR) is 72.2 cm³/mol. The maximum Gasteiger partial charge on any atom is 0.303 e. The number of carbonyl (C=O) groups is 1. The van der Waals surface area contributed by atoms with Gasteiger partial charge in [0.15, 0.2) is 11.5 Å². The van der Waals surface area contributed by atoms with Crippen LogP contribution in [0.1, 0.15) is 31.2 Å². The number of carboxylic acids is 1. The molecule has 5 heteroatoms. The Morgan fingerprint density at radius 3 is 2.79 bits per heavy atom. The average Bonchev–Trinajstić information content (AvgIpc) is 3.15. The summed E-state index contributed by atoms with van der Waals surface area (Å²) in [5.74, 6) is 0.421. The van der Waals surface area contributed by atoms with Crippen LogP contribution in [0.4, 0.5) is 0 Å². The van der Waals surface area contributed by atoms with Gasteiger partial charge in [0.05, 0.1) is 18.2 Å². The van der Waals surface area contributed by atoms with Crippen molar-refractivity contribution in [2.75, 3.05) is 7.11 Å². The van der Waals surface area contributed by atoms with E-state index in [0.717, 1.165) is 18.4 Å². The van der Waals surface area contributed by atoms with Crippen molar-refractivity contribution in [1.82, 2.24) is 0 Å². The summed E-state index contributed by atoms with van der Waals surface area (Å²) in [5, 5.41) is 9.15. The van der Waals surface area contributed by atoms with Crippen LogP contribution in [0.25, 0.3) is 0 Å². The number of carboxylic acid groups (broad SMARTS) is 1. The second-order valence-corrected chi connectivity index (χ2v) is 5.08. The summed E-state index contributed by atoms with van der Waals surface area (Å²) in [6, 6.07) is 3.69. The van der Waals surface area contributed by atoms with E-state index in [9.17, 15) is 4.79 Å². The zero-order chi connectivity index (χ0) is 13.8. The molecule has 0 aromatic heterocycles. The highest BCUT2D eigenvalue weighted by Gasteiger charge is 2.26. The third-order valence-corrected chi connectivity index (χ3v) is 3.23. The summed E-state index contributed by atoms with van der Waals surface area (Å²) in [5.41, 5.74) is 0.964. The molecule has 0 unspecified atom stereocenters. The van der Waals surface area contributed by atoms with Gasteiger partial charge >= 0.3 is 5.97 Å². The molecule has 2 rings (SSSR count). The molecule has 1 aromatic rings. The van der Waals surface area contributed by atoms with Gasteiger partial charge in [-0.25, -0.2) is 0 Å². The maximum atomic E-state index is 10.5. The fourth-order valence-electron chi connectivity index (χ4n) is 1.83. The molecule has 0 atom stereocenters. The van der Waals surface area contributed by atoms with Crippen molar-refractivity contribution >= 4 is 17.6 Å². The van der Waals surface area contributed by atoms with Gasteiger partial charge in [-0.2, -0.15) is 0 Å². The van der Waals surface area contributed by atoms with Gasteiger partial charge in [-0.05, 0) is 43.4 Å². The first kappa shape index (κ1) is 14.0. The molecular weight excluding hydrogens is 268 g/mol. The van der Waals surface area contributed by atoms with Gasteiger partial charge in [-0.1, -0.05) is 11.6 Å². The average molecular weight is 285 g/mol. The first-order chi connectivity index (χ1) is 9.10. The largest absolute Gasteiger partial charge is 0.493 e. The molecule has 19 heavy (non-hydrogen) atoms. The van der Waals surface area contributed by atoms with Crippen LogP contribution in [-0.4, -0.2) is 24.3 Å². The van der Waals surface area contributed by atoms with E-state index in [-0.39, 0.29) is 12.5 Å². The maximum absolute atomic E-state index is 10.5. The number of ether oxygens (including phenoxy) is 2. The molecule has 1 N–H and O–H groups in total. The van der Waals surface area contributed by atoms with Crippen LogP contribution in [0.5, 0.6) is 11.5 Å². The number of aliphatic carboxylic acids is 1. The third-order valence-electron chi connectivity index (χ3n) is 2.95. The second-order valence-electron chi connectivity index (χ2n) is 4.67. The van der Waals surface area contributed by atoms with E-state index in [4.69, 9.17) is 26.2 Å². The van der Waals surface area contributed by atoms with Crippen LogP contribution < -0.4 is 9.47 Å². The third kappa shape index (κ3) is 4.03. The summed E-state index contributed by atoms with van der Waals surface area (Å²) >= 11 is 6.21. The number of aryl methyl sites for hydroxylation is 1. The van der Waals surface area contributed by atoms with Crippen LogP contribution in [0.2, 0.25) is 5.02 Å². The van der Waals surface area contributed by atoms with Crippen molar-refractivity contribution in [2.24, 2.45) is 0 Å². The lowest BCUT2D eigenvalue weighted by Crippen LogP contribution is -2.01. The van der Waals surface area contributed by atoms with Gasteiger partial charge in [-0.3, -0.25) is 4.79 Å². The molecule has 0 saturated heterocycles. The lowest BCUT2D eigenvalue weighted by Gasteiger charge is -2.13. The van der Waals surface area contributed by atoms with E-state index >= 15 is 0 Å². The number of hydrogen-bond acceptors (Lipinski definition) is 3. The van der Waals surface area contributed by atoms with Gasteiger partial charge < -0.3 is 14.6 Å². The molecule has 104 valence electrons. The Morgan fingerprint density at radius 1 is 1.47 bits per heavy atom. The van der Waals surface area contributed by atoms with Gasteiger partial charge in [-0.15, -0.1) is 0 Å².